The Balaban J connectivity index is 2.56. The van der Waals surface area contributed by atoms with Crippen LogP contribution in [-0.2, 0) is 12.8 Å². The number of aryl methyl sites for hydroxylation is 1. The Labute approximate surface area is 94.0 Å². The highest BCUT2D eigenvalue weighted by Crippen LogP contribution is 2.12. The largest absolute Gasteiger partial charge is 0.0914 e. The molecule has 1 atom stereocenters. The van der Waals surface area contributed by atoms with Gasteiger partial charge in [-0.15, -0.1) is 0 Å². The second kappa shape index (κ2) is 6.44. The van der Waals surface area contributed by atoms with E-state index in [0.29, 0.717) is 5.92 Å². The van der Waals surface area contributed by atoms with Crippen molar-refractivity contribution in [1.82, 2.24) is 0 Å². The fourth-order valence-corrected chi connectivity index (χ4v) is 1.90. The van der Waals surface area contributed by atoms with Gasteiger partial charge in [0.25, 0.3) is 0 Å². The summed E-state index contributed by atoms with van der Waals surface area (Å²) >= 11 is 0. The Morgan fingerprint density at radius 1 is 1.13 bits per heavy atom. The number of hydrogen-bond donors (Lipinski definition) is 0. The lowest BCUT2D eigenvalue weighted by atomic mass is 9.99. The van der Waals surface area contributed by atoms with Gasteiger partial charge in [0.1, 0.15) is 0 Å². The van der Waals surface area contributed by atoms with Crippen LogP contribution in [0.15, 0.2) is 36.4 Å². The normalized spacial score (nSPS) is 13.3. The van der Waals surface area contributed by atoms with E-state index in [1.54, 1.807) is 0 Å². The van der Waals surface area contributed by atoms with E-state index in [4.69, 9.17) is 0 Å². The summed E-state index contributed by atoms with van der Waals surface area (Å²) in [6.07, 6.45) is 7.98. The maximum atomic E-state index is 2.27. The van der Waals surface area contributed by atoms with Gasteiger partial charge in [-0.05, 0) is 36.8 Å². The van der Waals surface area contributed by atoms with E-state index in [9.17, 15) is 0 Å². The van der Waals surface area contributed by atoms with Crippen molar-refractivity contribution in [1.29, 1.82) is 0 Å². The number of allylic oxidation sites excluding steroid dienone is 2. The molecule has 0 heteroatoms. The first-order chi connectivity index (χ1) is 7.26. The quantitative estimate of drug-likeness (QED) is 0.621. The first-order valence-electron chi connectivity index (χ1n) is 5.97. The highest BCUT2D eigenvalue weighted by Gasteiger charge is 1.99. The highest BCUT2D eigenvalue weighted by molar-refractivity contribution is 5.23. The van der Waals surface area contributed by atoms with E-state index >= 15 is 0 Å². The molecule has 1 rings (SSSR count). The van der Waals surface area contributed by atoms with E-state index in [-0.39, 0.29) is 0 Å². The average molecular weight is 202 g/mol. The molecule has 1 aromatic rings. The highest BCUT2D eigenvalue weighted by atomic mass is 14.0. The lowest BCUT2D eigenvalue weighted by Crippen LogP contribution is -1.96. The standard InChI is InChI=1S/C15H22/c1-4-6-13(3)12-15-10-8-14(7-5-2)9-11-15/h4,6,8-11,13H,5,7,12H2,1-3H3/b6-4-. The van der Waals surface area contributed by atoms with Crippen molar-refractivity contribution in [2.45, 2.75) is 40.0 Å². The second-order valence-electron chi connectivity index (χ2n) is 4.27. The van der Waals surface area contributed by atoms with Crippen LogP contribution in [0.4, 0.5) is 0 Å². The lowest BCUT2D eigenvalue weighted by molar-refractivity contribution is 0.722. The minimum atomic E-state index is 0.645. The molecule has 0 heterocycles. The Hall–Kier alpha value is -1.04. The Morgan fingerprint density at radius 3 is 2.27 bits per heavy atom. The Bertz CT molecular complexity index is 292. The zero-order valence-electron chi connectivity index (χ0n) is 10.2. The van der Waals surface area contributed by atoms with Gasteiger partial charge < -0.3 is 0 Å². The predicted octanol–water partition coefficient (Wildman–Crippen LogP) is 4.39. The average Bonchev–Trinajstić information content (AvgIpc) is 2.22. The van der Waals surface area contributed by atoms with Gasteiger partial charge in [-0.3, -0.25) is 0 Å². The van der Waals surface area contributed by atoms with Crippen molar-refractivity contribution < 1.29 is 0 Å². The third kappa shape index (κ3) is 4.33. The van der Waals surface area contributed by atoms with Gasteiger partial charge in [-0.25, -0.2) is 0 Å². The van der Waals surface area contributed by atoms with Crippen LogP contribution in [-0.4, -0.2) is 0 Å². The molecule has 0 radical (unpaired) electrons. The van der Waals surface area contributed by atoms with Crippen molar-refractivity contribution in [2.24, 2.45) is 5.92 Å². The minimum Gasteiger partial charge on any atom is -0.0914 e. The molecule has 1 aromatic carbocycles. The van der Waals surface area contributed by atoms with Crippen LogP contribution >= 0.6 is 0 Å². The fraction of sp³-hybridized carbons (Fsp3) is 0.467. The fourth-order valence-electron chi connectivity index (χ4n) is 1.90. The van der Waals surface area contributed by atoms with E-state index in [1.807, 2.05) is 0 Å². The van der Waals surface area contributed by atoms with E-state index in [2.05, 4.69) is 57.2 Å². The summed E-state index contributed by atoms with van der Waals surface area (Å²) < 4.78 is 0. The van der Waals surface area contributed by atoms with Crippen molar-refractivity contribution in [2.75, 3.05) is 0 Å². The van der Waals surface area contributed by atoms with Crippen LogP contribution in [0.2, 0.25) is 0 Å². The van der Waals surface area contributed by atoms with Gasteiger partial charge >= 0.3 is 0 Å². The molecule has 0 aliphatic carbocycles. The van der Waals surface area contributed by atoms with Crippen LogP contribution < -0.4 is 0 Å². The number of rotatable bonds is 5. The molecule has 0 aliphatic rings. The zero-order valence-corrected chi connectivity index (χ0v) is 10.2. The molecule has 1 unspecified atom stereocenters. The number of hydrogen-bond acceptors (Lipinski definition) is 0. The molecule has 0 spiro atoms. The van der Waals surface area contributed by atoms with Crippen LogP contribution in [0.1, 0.15) is 38.3 Å². The van der Waals surface area contributed by atoms with Crippen LogP contribution in [0.25, 0.3) is 0 Å². The van der Waals surface area contributed by atoms with Crippen molar-refractivity contribution in [3.05, 3.63) is 47.5 Å². The maximum Gasteiger partial charge on any atom is -0.0218 e. The molecular weight excluding hydrogens is 180 g/mol. The first-order valence-corrected chi connectivity index (χ1v) is 5.97. The van der Waals surface area contributed by atoms with Gasteiger partial charge in [0, 0.05) is 0 Å². The van der Waals surface area contributed by atoms with Crippen LogP contribution in [0.3, 0.4) is 0 Å². The maximum absolute atomic E-state index is 2.27. The van der Waals surface area contributed by atoms with Crippen molar-refractivity contribution >= 4 is 0 Å². The summed E-state index contributed by atoms with van der Waals surface area (Å²) in [5.41, 5.74) is 2.90. The van der Waals surface area contributed by atoms with Gasteiger partial charge in [0.05, 0.1) is 0 Å². The molecule has 0 saturated carbocycles. The minimum absolute atomic E-state index is 0.645. The zero-order chi connectivity index (χ0) is 11.1. The summed E-state index contributed by atoms with van der Waals surface area (Å²) in [7, 11) is 0. The van der Waals surface area contributed by atoms with Gasteiger partial charge in [0.2, 0.25) is 0 Å². The summed E-state index contributed by atoms with van der Waals surface area (Å²) in [6.45, 7) is 6.57. The van der Waals surface area contributed by atoms with Crippen LogP contribution in [0, 0.1) is 5.92 Å². The molecule has 0 aromatic heterocycles. The third-order valence-electron chi connectivity index (χ3n) is 2.64. The summed E-state index contributed by atoms with van der Waals surface area (Å²) in [5, 5.41) is 0. The van der Waals surface area contributed by atoms with Crippen LogP contribution in [0.5, 0.6) is 0 Å². The summed E-state index contributed by atoms with van der Waals surface area (Å²) in [6, 6.07) is 9.07. The molecule has 0 N–H and O–H groups in total. The van der Waals surface area contributed by atoms with Gasteiger partial charge in [-0.2, -0.15) is 0 Å². The van der Waals surface area contributed by atoms with Crippen molar-refractivity contribution in [3.63, 3.8) is 0 Å². The van der Waals surface area contributed by atoms with E-state index < -0.39 is 0 Å². The van der Waals surface area contributed by atoms with Gasteiger partial charge in [-0.1, -0.05) is 56.7 Å². The molecule has 0 aliphatic heterocycles. The molecular formula is C15H22. The molecule has 0 saturated heterocycles. The van der Waals surface area contributed by atoms with Crippen molar-refractivity contribution in [3.8, 4) is 0 Å². The SMILES string of the molecule is C/C=C\C(C)Cc1ccc(CCC)cc1. The molecule has 0 fully saturated rings. The van der Waals surface area contributed by atoms with E-state index in [0.717, 1.165) is 6.42 Å². The smallest absolute Gasteiger partial charge is 0.0218 e. The monoisotopic (exact) mass is 202 g/mol. The molecule has 0 nitrogen and oxygen atoms in total. The first kappa shape index (κ1) is 12.0. The van der Waals surface area contributed by atoms with Gasteiger partial charge in [0.15, 0.2) is 0 Å². The predicted molar refractivity (Wildman–Crippen MR) is 68.1 cm³/mol. The molecule has 0 amide bonds. The topological polar surface area (TPSA) is 0 Å². The second-order valence-corrected chi connectivity index (χ2v) is 4.27. The molecule has 82 valence electrons. The summed E-state index contributed by atoms with van der Waals surface area (Å²) in [4.78, 5) is 0. The molecule has 0 bridgehead atoms. The third-order valence-corrected chi connectivity index (χ3v) is 2.64. The van der Waals surface area contributed by atoms with E-state index in [1.165, 1.54) is 24.0 Å². The Kier molecular flexibility index (Phi) is 5.17. The molecule has 15 heavy (non-hydrogen) atoms. The Morgan fingerprint density at radius 2 is 1.73 bits per heavy atom. The summed E-state index contributed by atoms with van der Waals surface area (Å²) in [5.74, 6) is 0.645. The lowest BCUT2D eigenvalue weighted by Gasteiger charge is -2.07. The number of benzene rings is 1.